The van der Waals surface area contributed by atoms with E-state index >= 15 is 0 Å². The number of pyridine rings is 1. The van der Waals surface area contributed by atoms with Crippen molar-refractivity contribution < 1.29 is 9.72 Å². The van der Waals surface area contributed by atoms with Crippen LogP contribution in [0.2, 0.25) is 0 Å². The molecule has 0 saturated carbocycles. The molecular formula is C13H10BrN3O3. The van der Waals surface area contributed by atoms with Crippen LogP contribution in [0.3, 0.4) is 0 Å². The standard InChI is InChI=1S/C13H10BrN3O3/c1-8-4-9(6-11(5-8)17(19)20)13(18)16-12-3-2-10(14)7-15-12/h2-7H,1H3,(H,15,16,18). The normalized spacial score (nSPS) is 10.1. The lowest BCUT2D eigenvalue weighted by Crippen LogP contribution is -2.13. The summed E-state index contributed by atoms with van der Waals surface area (Å²) in [6.07, 6.45) is 1.55. The molecule has 0 spiro atoms. The molecule has 6 nitrogen and oxygen atoms in total. The van der Waals surface area contributed by atoms with Crippen molar-refractivity contribution in [1.29, 1.82) is 0 Å². The van der Waals surface area contributed by atoms with Crippen molar-refractivity contribution in [3.05, 3.63) is 62.2 Å². The van der Waals surface area contributed by atoms with Crippen LogP contribution in [0.5, 0.6) is 0 Å². The number of hydrogen-bond donors (Lipinski definition) is 1. The maximum Gasteiger partial charge on any atom is 0.270 e. The summed E-state index contributed by atoms with van der Waals surface area (Å²) in [6, 6.07) is 7.60. The lowest BCUT2D eigenvalue weighted by molar-refractivity contribution is -0.384. The topological polar surface area (TPSA) is 85.1 Å². The number of aryl methyl sites for hydroxylation is 1. The predicted molar refractivity (Wildman–Crippen MR) is 77.7 cm³/mol. The van der Waals surface area contributed by atoms with Gasteiger partial charge in [0.2, 0.25) is 0 Å². The summed E-state index contributed by atoms with van der Waals surface area (Å²) in [4.78, 5) is 26.3. The lowest BCUT2D eigenvalue weighted by atomic mass is 10.1. The van der Waals surface area contributed by atoms with Gasteiger partial charge in [0.1, 0.15) is 5.82 Å². The molecule has 20 heavy (non-hydrogen) atoms. The number of nitro benzene ring substituents is 1. The summed E-state index contributed by atoms with van der Waals surface area (Å²) >= 11 is 3.24. The minimum absolute atomic E-state index is 0.112. The maximum atomic E-state index is 12.0. The summed E-state index contributed by atoms with van der Waals surface area (Å²) in [5, 5.41) is 13.4. The van der Waals surface area contributed by atoms with Gasteiger partial charge in [-0.25, -0.2) is 4.98 Å². The molecule has 0 fully saturated rings. The van der Waals surface area contributed by atoms with Gasteiger partial charge in [0.05, 0.1) is 4.92 Å². The number of benzene rings is 1. The first-order valence-corrected chi connectivity index (χ1v) is 6.44. The molecule has 0 aliphatic rings. The van der Waals surface area contributed by atoms with Gasteiger partial charge >= 0.3 is 0 Å². The molecule has 0 aliphatic heterocycles. The minimum Gasteiger partial charge on any atom is -0.307 e. The maximum absolute atomic E-state index is 12.0. The average molecular weight is 336 g/mol. The number of anilines is 1. The van der Waals surface area contributed by atoms with E-state index < -0.39 is 10.8 Å². The first kappa shape index (κ1) is 14.1. The van der Waals surface area contributed by atoms with Crippen LogP contribution in [0, 0.1) is 17.0 Å². The van der Waals surface area contributed by atoms with Crippen molar-refractivity contribution >= 4 is 33.3 Å². The molecule has 0 aliphatic carbocycles. The molecule has 1 aromatic heterocycles. The van der Waals surface area contributed by atoms with Crippen LogP contribution in [0.25, 0.3) is 0 Å². The van der Waals surface area contributed by atoms with Gasteiger partial charge in [-0.3, -0.25) is 14.9 Å². The number of halogens is 1. The van der Waals surface area contributed by atoms with Crippen LogP contribution in [-0.4, -0.2) is 15.8 Å². The predicted octanol–water partition coefficient (Wildman–Crippen LogP) is 3.31. The second-order valence-electron chi connectivity index (χ2n) is 4.13. The molecule has 2 aromatic rings. The van der Waals surface area contributed by atoms with Gasteiger partial charge in [-0.1, -0.05) is 0 Å². The number of carbonyl (C=O) groups excluding carboxylic acids is 1. The Morgan fingerprint density at radius 1 is 1.35 bits per heavy atom. The van der Waals surface area contributed by atoms with Gasteiger partial charge in [-0.15, -0.1) is 0 Å². The molecule has 1 N–H and O–H groups in total. The third kappa shape index (κ3) is 3.39. The molecule has 0 unspecified atom stereocenters. The van der Waals surface area contributed by atoms with E-state index in [4.69, 9.17) is 0 Å². The largest absolute Gasteiger partial charge is 0.307 e. The molecule has 1 heterocycles. The number of nitrogens with zero attached hydrogens (tertiary/aromatic N) is 2. The lowest BCUT2D eigenvalue weighted by Gasteiger charge is -2.05. The minimum atomic E-state index is -0.526. The number of aromatic nitrogens is 1. The zero-order valence-corrected chi connectivity index (χ0v) is 12.0. The Morgan fingerprint density at radius 2 is 2.10 bits per heavy atom. The second kappa shape index (κ2) is 5.79. The molecule has 102 valence electrons. The number of rotatable bonds is 3. The molecule has 1 aromatic carbocycles. The summed E-state index contributed by atoms with van der Waals surface area (Å²) in [6.45, 7) is 1.70. The van der Waals surface area contributed by atoms with Crippen molar-refractivity contribution in [2.45, 2.75) is 6.92 Å². The Bertz CT molecular complexity index is 671. The highest BCUT2D eigenvalue weighted by Crippen LogP contribution is 2.18. The molecule has 0 atom stereocenters. The summed E-state index contributed by atoms with van der Waals surface area (Å²) in [5.74, 6) is -0.0611. The van der Waals surface area contributed by atoms with Gasteiger partial charge < -0.3 is 5.32 Å². The smallest absolute Gasteiger partial charge is 0.270 e. The van der Waals surface area contributed by atoms with Gasteiger partial charge in [0.15, 0.2) is 0 Å². The zero-order valence-electron chi connectivity index (χ0n) is 10.5. The summed E-state index contributed by atoms with van der Waals surface area (Å²) in [5.41, 5.74) is 0.758. The van der Waals surface area contributed by atoms with Gasteiger partial charge in [0.25, 0.3) is 11.6 Å². The molecule has 2 rings (SSSR count). The van der Waals surface area contributed by atoms with E-state index in [1.54, 1.807) is 31.3 Å². The van der Waals surface area contributed by atoms with Crippen molar-refractivity contribution in [2.75, 3.05) is 5.32 Å². The first-order chi connectivity index (χ1) is 9.45. The molecule has 1 amide bonds. The van der Waals surface area contributed by atoms with Crippen LogP contribution in [-0.2, 0) is 0 Å². The van der Waals surface area contributed by atoms with Crippen LogP contribution in [0.4, 0.5) is 11.5 Å². The Labute approximate surface area is 123 Å². The third-order valence-electron chi connectivity index (χ3n) is 2.50. The highest BCUT2D eigenvalue weighted by atomic mass is 79.9. The number of carbonyl (C=O) groups is 1. The first-order valence-electron chi connectivity index (χ1n) is 5.65. The highest BCUT2D eigenvalue weighted by Gasteiger charge is 2.13. The number of hydrogen-bond acceptors (Lipinski definition) is 4. The Hall–Kier alpha value is -2.28. The SMILES string of the molecule is Cc1cc(C(=O)Nc2ccc(Br)cn2)cc([N+](=O)[O-])c1. The van der Waals surface area contributed by atoms with Crippen LogP contribution < -0.4 is 5.32 Å². The number of non-ortho nitro benzene ring substituents is 1. The Kier molecular flexibility index (Phi) is 4.09. The van der Waals surface area contributed by atoms with E-state index in [-0.39, 0.29) is 11.3 Å². The fourth-order valence-corrected chi connectivity index (χ4v) is 1.87. The molecule has 7 heteroatoms. The number of nitro groups is 1. The van der Waals surface area contributed by atoms with E-state index in [1.165, 1.54) is 12.1 Å². The third-order valence-corrected chi connectivity index (χ3v) is 2.97. The van der Waals surface area contributed by atoms with Crippen molar-refractivity contribution in [3.63, 3.8) is 0 Å². The zero-order chi connectivity index (χ0) is 14.7. The van der Waals surface area contributed by atoms with Crippen molar-refractivity contribution in [1.82, 2.24) is 4.98 Å². The fourth-order valence-electron chi connectivity index (χ4n) is 1.64. The van der Waals surface area contributed by atoms with Gasteiger partial charge in [-0.05, 0) is 46.6 Å². The second-order valence-corrected chi connectivity index (χ2v) is 5.05. The fraction of sp³-hybridized carbons (Fsp3) is 0.0769. The Balaban J connectivity index is 2.25. The number of amides is 1. The van der Waals surface area contributed by atoms with E-state index in [1.807, 2.05) is 0 Å². The monoisotopic (exact) mass is 335 g/mol. The van der Waals surface area contributed by atoms with E-state index in [0.717, 1.165) is 4.47 Å². The Morgan fingerprint density at radius 3 is 2.70 bits per heavy atom. The molecule has 0 bridgehead atoms. The molecule has 0 radical (unpaired) electrons. The van der Waals surface area contributed by atoms with Crippen LogP contribution in [0.1, 0.15) is 15.9 Å². The summed E-state index contributed by atoms with van der Waals surface area (Å²) < 4.78 is 0.793. The molecule has 0 saturated heterocycles. The van der Waals surface area contributed by atoms with Crippen LogP contribution in [0.15, 0.2) is 41.0 Å². The van der Waals surface area contributed by atoms with Crippen molar-refractivity contribution in [2.24, 2.45) is 0 Å². The quantitative estimate of drug-likeness (QED) is 0.688. The van der Waals surface area contributed by atoms with E-state index in [0.29, 0.717) is 11.4 Å². The highest BCUT2D eigenvalue weighted by molar-refractivity contribution is 9.10. The van der Waals surface area contributed by atoms with Crippen molar-refractivity contribution in [3.8, 4) is 0 Å². The molecular weight excluding hydrogens is 326 g/mol. The van der Waals surface area contributed by atoms with Gasteiger partial charge in [0, 0.05) is 28.4 Å². The average Bonchev–Trinajstić information content (AvgIpc) is 2.40. The van der Waals surface area contributed by atoms with Gasteiger partial charge in [-0.2, -0.15) is 0 Å². The van der Waals surface area contributed by atoms with E-state index in [9.17, 15) is 14.9 Å². The number of nitrogens with one attached hydrogen (secondary N) is 1. The van der Waals surface area contributed by atoms with Crippen LogP contribution >= 0.6 is 15.9 Å². The summed E-state index contributed by atoms with van der Waals surface area (Å²) in [7, 11) is 0. The van der Waals surface area contributed by atoms with E-state index in [2.05, 4.69) is 26.2 Å².